The second-order valence-corrected chi connectivity index (χ2v) is 6.64. The Morgan fingerprint density at radius 1 is 1.32 bits per heavy atom. The maximum atomic E-state index is 12.2. The third kappa shape index (κ3) is 4.25. The minimum atomic E-state index is -0.987. The summed E-state index contributed by atoms with van der Waals surface area (Å²) in [6.07, 6.45) is 2.03. The van der Waals surface area contributed by atoms with Gasteiger partial charge in [0.2, 0.25) is 0 Å². The highest BCUT2D eigenvalue weighted by Crippen LogP contribution is 2.21. The number of thioether (sulfide) groups is 1. The van der Waals surface area contributed by atoms with Crippen LogP contribution in [0.25, 0.3) is 0 Å². The minimum absolute atomic E-state index is 0.157. The third-order valence-corrected chi connectivity index (χ3v) is 4.08. The summed E-state index contributed by atoms with van der Waals surface area (Å²) in [6.45, 7) is 7.02. The molecule has 0 spiro atoms. The van der Waals surface area contributed by atoms with E-state index in [1.807, 2.05) is 38.3 Å². The van der Waals surface area contributed by atoms with Crippen molar-refractivity contribution >= 4 is 17.7 Å². The number of amides is 1. The van der Waals surface area contributed by atoms with Gasteiger partial charge in [-0.25, -0.2) is 0 Å². The lowest BCUT2D eigenvalue weighted by atomic mass is 9.85. The van der Waals surface area contributed by atoms with Crippen LogP contribution in [-0.2, 0) is 5.75 Å². The highest BCUT2D eigenvalue weighted by atomic mass is 32.2. The molecule has 19 heavy (non-hydrogen) atoms. The third-order valence-electron chi connectivity index (χ3n) is 3.46. The Morgan fingerprint density at radius 3 is 2.47 bits per heavy atom. The molecule has 0 saturated heterocycles. The first-order valence-electron chi connectivity index (χ1n) is 6.30. The van der Waals surface area contributed by atoms with Crippen molar-refractivity contribution in [1.29, 1.82) is 0 Å². The van der Waals surface area contributed by atoms with Gasteiger partial charge in [-0.2, -0.15) is 11.8 Å². The molecule has 0 aliphatic heterocycles. The van der Waals surface area contributed by atoms with Gasteiger partial charge in [-0.3, -0.25) is 4.79 Å². The zero-order valence-corrected chi connectivity index (χ0v) is 13.1. The zero-order valence-electron chi connectivity index (χ0n) is 12.3. The van der Waals surface area contributed by atoms with Gasteiger partial charge in [-0.1, -0.05) is 12.1 Å². The summed E-state index contributed by atoms with van der Waals surface area (Å²) in [4.78, 5) is 12.2. The Kier molecular flexibility index (Phi) is 5.04. The minimum Gasteiger partial charge on any atom is -0.388 e. The highest BCUT2D eigenvalue weighted by molar-refractivity contribution is 7.97. The van der Waals surface area contributed by atoms with Crippen molar-refractivity contribution in [1.82, 2.24) is 5.32 Å². The van der Waals surface area contributed by atoms with Crippen molar-refractivity contribution in [2.24, 2.45) is 0 Å². The van der Waals surface area contributed by atoms with Gasteiger partial charge in [0.05, 0.1) is 11.1 Å². The number of hydrogen-bond acceptors (Lipinski definition) is 3. The second-order valence-electron chi connectivity index (χ2n) is 5.77. The highest BCUT2D eigenvalue weighted by Gasteiger charge is 2.36. The molecular weight excluding hydrogens is 258 g/mol. The van der Waals surface area contributed by atoms with Crippen molar-refractivity contribution in [2.75, 3.05) is 6.26 Å². The van der Waals surface area contributed by atoms with Gasteiger partial charge in [0, 0.05) is 11.3 Å². The Labute approximate surface area is 119 Å². The number of carbonyl (C=O) groups excluding carboxylic acids is 1. The normalized spacial score (nSPS) is 12.3. The molecule has 1 rings (SSSR count). The van der Waals surface area contributed by atoms with Crippen LogP contribution in [0.1, 0.15) is 43.6 Å². The van der Waals surface area contributed by atoms with E-state index in [1.54, 1.807) is 31.7 Å². The largest absolute Gasteiger partial charge is 0.388 e. The Balaban J connectivity index is 2.87. The van der Waals surface area contributed by atoms with Crippen molar-refractivity contribution in [3.63, 3.8) is 0 Å². The number of rotatable bonds is 5. The molecular formula is C15H23NO2S. The van der Waals surface area contributed by atoms with E-state index in [0.717, 1.165) is 11.3 Å². The van der Waals surface area contributed by atoms with Crippen LogP contribution in [-0.4, -0.2) is 28.4 Å². The monoisotopic (exact) mass is 281 g/mol. The Morgan fingerprint density at radius 2 is 1.95 bits per heavy atom. The fraction of sp³-hybridized carbons (Fsp3) is 0.533. The summed E-state index contributed by atoms with van der Waals surface area (Å²) >= 11 is 1.72. The molecule has 0 aliphatic carbocycles. The molecule has 0 heterocycles. The number of aliphatic hydroxyl groups is 1. The fourth-order valence-corrected chi connectivity index (χ4v) is 1.99. The molecule has 0 saturated carbocycles. The molecule has 0 atom stereocenters. The lowest BCUT2D eigenvalue weighted by molar-refractivity contribution is -0.00292. The molecule has 3 nitrogen and oxygen atoms in total. The van der Waals surface area contributed by atoms with E-state index in [9.17, 15) is 9.90 Å². The lowest BCUT2D eigenvalue weighted by Crippen LogP contribution is -2.57. The predicted octanol–water partition coefficient (Wildman–Crippen LogP) is 2.83. The quantitative estimate of drug-likeness (QED) is 0.872. The van der Waals surface area contributed by atoms with Crippen molar-refractivity contribution in [3.8, 4) is 0 Å². The standard InChI is InChI=1S/C15H23NO2S/c1-14(2,15(3,4)18)16-13(17)12-8-6-7-11(9-12)10-19-5/h6-9,18H,10H2,1-5H3,(H,16,17). The number of benzene rings is 1. The van der Waals surface area contributed by atoms with Crippen LogP contribution in [0.2, 0.25) is 0 Å². The summed E-state index contributed by atoms with van der Waals surface area (Å²) in [5, 5.41) is 12.9. The second kappa shape index (κ2) is 5.97. The van der Waals surface area contributed by atoms with Gasteiger partial charge in [0.15, 0.2) is 0 Å². The summed E-state index contributed by atoms with van der Waals surface area (Å²) in [5.41, 5.74) is 0.0733. The van der Waals surface area contributed by atoms with Crippen LogP contribution in [0.15, 0.2) is 24.3 Å². The Hall–Kier alpha value is -1.00. The molecule has 0 aliphatic rings. The molecule has 1 aromatic carbocycles. The first-order valence-corrected chi connectivity index (χ1v) is 7.69. The number of hydrogen-bond donors (Lipinski definition) is 2. The van der Waals surface area contributed by atoms with Gasteiger partial charge in [-0.05, 0) is 51.6 Å². The first kappa shape index (κ1) is 16.1. The van der Waals surface area contributed by atoms with Crippen LogP contribution in [0.3, 0.4) is 0 Å². The maximum absolute atomic E-state index is 12.2. The van der Waals surface area contributed by atoms with Gasteiger partial charge >= 0.3 is 0 Å². The molecule has 0 aromatic heterocycles. The smallest absolute Gasteiger partial charge is 0.251 e. The topological polar surface area (TPSA) is 49.3 Å². The lowest BCUT2D eigenvalue weighted by Gasteiger charge is -2.38. The molecule has 1 aromatic rings. The predicted molar refractivity (Wildman–Crippen MR) is 81.5 cm³/mol. The van der Waals surface area contributed by atoms with Crippen LogP contribution in [0.4, 0.5) is 0 Å². The van der Waals surface area contributed by atoms with Crippen molar-refractivity contribution < 1.29 is 9.90 Å². The van der Waals surface area contributed by atoms with Crippen LogP contribution in [0.5, 0.6) is 0 Å². The van der Waals surface area contributed by atoms with Gasteiger partial charge in [0.25, 0.3) is 5.91 Å². The number of carbonyl (C=O) groups is 1. The molecule has 0 fully saturated rings. The summed E-state index contributed by atoms with van der Waals surface area (Å²) < 4.78 is 0. The molecule has 0 bridgehead atoms. The van der Waals surface area contributed by atoms with E-state index >= 15 is 0 Å². The molecule has 1 amide bonds. The van der Waals surface area contributed by atoms with Gasteiger partial charge in [0.1, 0.15) is 0 Å². The Bertz CT molecular complexity index is 450. The molecule has 106 valence electrons. The molecule has 4 heteroatoms. The van der Waals surface area contributed by atoms with Gasteiger partial charge in [-0.15, -0.1) is 0 Å². The van der Waals surface area contributed by atoms with Crippen LogP contribution in [0, 0.1) is 0 Å². The zero-order chi connectivity index (χ0) is 14.7. The first-order chi connectivity index (χ1) is 8.67. The van der Waals surface area contributed by atoms with E-state index in [4.69, 9.17) is 0 Å². The SMILES string of the molecule is CSCc1cccc(C(=O)NC(C)(C)C(C)(C)O)c1. The van der Waals surface area contributed by atoms with Crippen molar-refractivity contribution in [3.05, 3.63) is 35.4 Å². The molecule has 2 N–H and O–H groups in total. The summed E-state index contributed by atoms with van der Waals surface area (Å²) in [5.74, 6) is 0.728. The average Bonchev–Trinajstić information content (AvgIpc) is 2.27. The van der Waals surface area contributed by atoms with E-state index in [2.05, 4.69) is 5.32 Å². The number of nitrogens with one attached hydrogen (secondary N) is 1. The maximum Gasteiger partial charge on any atom is 0.251 e. The van der Waals surface area contributed by atoms with Crippen molar-refractivity contribution in [2.45, 2.75) is 44.6 Å². The van der Waals surface area contributed by atoms with E-state index in [1.165, 1.54) is 0 Å². The van der Waals surface area contributed by atoms with E-state index in [-0.39, 0.29) is 5.91 Å². The van der Waals surface area contributed by atoms with Crippen LogP contribution < -0.4 is 5.32 Å². The van der Waals surface area contributed by atoms with E-state index < -0.39 is 11.1 Å². The van der Waals surface area contributed by atoms with Gasteiger partial charge < -0.3 is 10.4 Å². The summed E-state index contributed by atoms with van der Waals surface area (Å²) in [6, 6.07) is 7.58. The average molecular weight is 281 g/mol. The fourth-order valence-electron chi connectivity index (χ4n) is 1.48. The molecule has 0 unspecified atom stereocenters. The van der Waals surface area contributed by atoms with E-state index in [0.29, 0.717) is 5.56 Å². The molecule has 0 radical (unpaired) electrons. The summed E-state index contributed by atoms with van der Waals surface area (Å²) in [7, 11) is 0. The van der Waals surface area contributed by atoms with Crippen LogP contribution >= 0.6 is 11.8 Å².